The van der Waals surface area contributed by atoms with Crippen LogP contribution in [0.15, 0.2) is 53.2 Å². The molecule has 0 aliphatic carbocycles. The van der Waals surface area contributed by atoms with Crippen molar-refractivity contribution < 1.29 is 36.2 Å². The summed E-state index contributed by atoms with van der Waals surface area (Å²) < 4.78 is 50.2. The highest BCUT2D eigenvalue weighted by atomic mass is 35.5. The lowest BCUT2D eigenvalue weighted by Crippen LogP contribution is -2.37. The minimum absolute atomic E-state index is 0.0368. The molecule has 0 aliphatic heterocycles. The molecular weight excluding hydrogens is 528 g/mol. The Hall–Kier alpha value is -4.07. The smallest absolute Gasteiger partial charge is 0.353 e. The van der Waals surface area contributed by atoms with Crippen molar-refractivity contribution in [2.75, 3.05) is 30.9 Å². The minimum atomic E-state index is -4.11. The second-order valence-electron chi connectivity index (χ2n) is 7.57. The van der Waals surface area contributed by atoms with E-state index in [0.29, 0.717) is 44.7 Å². The Bertz CT molecular complexity index is 1570. The molecule has 0 radical (unpaired) electrons. The third kappa shape index (κ3) is 6.02. The van der Waals surface area contributed by atoms with Crippen LogP contribution in [-0.2, 0) is 14.4 Å². The summed E-state index contributed by atoms with van der Waals surface area (Å²) >= 11 is 6.42. The van der Waals surface area contributed by atoms with Crippen LogP contribution in [0.25, 0.3) is 10.9 Å². The Morgan fingerprint density at radius 2 is 1.78 bits per heavy atom. The highest BCUT2D eigenvalue weighted by Crippen LogP contribution is 2.38. The van der Waals surface area contributed by atoms with Crippen molar-refractivity contribution in [1.29, 1.82) is 0 Å². The molecule has 37 heavy (non-hydrogen) atoms. The van der Waals surface area contributed by atoms with Gasteiger partial charge < -0.3 is 18.7 Å². The lowest BCUT2D eigenvalue weighted by atomic mass is 10.2. The molecule has 14 heteroatoms. The van der Waals surface area contributed by atoms with Crippen LogP contribution in [0.5, 0.6) is 23.0 Å². The van der Waals surface area contributed by atoms with E-state index in [-0.39, 0.29) is 16.5 Å². The topological polar surface area (TPSA) is 142 Å². The number of hydroxylamine groups is 1. The molecule has 2 heterocycles. The monoisotopic (exact) mass is 548 g/mol. The molecule has 0 bridgehead atoms. The molecule has 12 nitrogen and oxygen atoms in total. The first kappa shape index (κ1) is 26.0. The molecule has 1 N–H and O–H groups in total. The number of urea groups is 1. The second kappa shape index (κ2) is 10.5. The Morgan fingerprint density at radius 1 is 1.05 bits per heavy atom. The van der Waals surface area contributed by atoms with Gasteiger partial charge in [-0.3, -0.25) is 10.3 Å². The number of nitrogens with one attached hydrogen (secondary N) is 1. The quantitative estimate of drug-likeness (QED) is 0.301. The molecule has 2 amide bonds. The second-order valence-corrected chi connectivity index (χ2v) is 9.54. The van der Waals surface area contributed by atoms with Gasteiger partial charge in [-0.05, 0) is 31.2 Å². The number of aryl methyl sites for hydroxylation is 1. The van der Waals surface area contributed by atoms with Gasteiger partial charge in [-0.2, -0.15) is 13.5 Å². The van der Waals surface area contributed by atoms with Crippen molar-refractivity contribution in [3.05, 3.63) is 59.4 Å². The molecule has 0 saturated carbocycles. The van der Waals surface area contributed by atoms with Gasteiger partial charge in [0.1, 0.15) is 17.3 Å². The van der Waals surface area contributed by atoms with Crippen molar-refractivity contribution in [3.63, 3.8) is 0 Å². The lowest BCUT2D eigenvalue weighted by Gasteiger charge is -2.21. The highest BCUT2D eigenvalue weighted by molar-refractivity contribution is 7.86. The third-order valence-electron chi connectivity index (χ3n) is 4.83. The number of pyridine rings is 1. The van der Waals surface area contributed by atoms with Gasteiger partial charge >= 0.3 is 6.03 Å². The zero-order valence-corrected chi connectivity index (χ0v) is 21.6. The number of rotatable bonds is 8. The van der Waals surface area contributed by atoms with Gasteiger partial charge in [0.15, 0.2) is 17.3 Å². The van der Waals surface area contributed by atoms with Crippen LogP contribution in [0.3, 0.4) is 0 Å². The fourth-order valence-corrected chi connectivity index (χ4v) is 3.95. The number of benzene rings is 2. The summed E-state index contributed by atoms with van der Waals surface area (Å²) in [7, 11) is -1.07. The number of aromatic nitrogens is 2. The minimum Gasteiger partial charge on any atom is -0.493 e. The SMILES string of the molecule is COc1cc2nccc(Oc3ccc(N(OS(C)(=O)=O)C(=O)Nc4cc(C)on4)c(Cl)c3)c2cc1OC. The van der Waals surface area contributed by atoms with Crippen LogP contribution in [0.2, 0.25) is 5.02 Å². The molecule has 4 rings (SSSR count). The predicted octanol–water partition coefficient (Wildman–Crippen LogP) is 4.92. The van der Waals surface area contributed by atoms with E-state index in [2.05, 4.69) is 15.5 Å². The molecular formula is C23H21ClN4O8S. The van der Waals surface area contributed by atoms with Crippen molar-refractivity contribution in [1.82, 2.24) is 10.1 Å². The first-order valence-electron chi connectivity index (χ1n) is 10.5. The number of fused-ring (bicyclic) bond motifs is 1. The summed E-state index contributed by atoms with van der Waals surface area (Å²) in [6, 6.07) is 9.81. The number of hydrogen-bond donors (Lipinski definition) is 1. The number of nitrogens with zero attached hydrogens (tertiary/aromatic N) is 3. The molecule has 0 aliphatic rings. The Balaban J connectivity index is 1.65. The maximum atomic E-state index is 12.8. The van der Waals surface area contributed by atoms with Gasteiger partial charge in [0.2, 0.25) is 0 Å². The fraction of sp³-hybridized carbons (Fsp3) is 0.174. The van der Waals surface area contributed by atoms with E-state index in [0.717, 1.165) is 6.26 Å². The molecule has 0 spiro atoms. The van der Waals surface area contributed by atoms with Crippen molar-refractivity contribution in [2.45, 2.75) is 6.92 Å². The number of carbonyl (C=O) groups excluding carboxylic acids is 1. The highest BCUT2D eigenvalue weighted by Gasteiger charge is 2.25. The summed E-state index contributed by atoms with van der Waals surface area (Å²) in [5.41, 5.74) is 0.536. The molecule has 194 valence electrons. The molecule has 4 aromatic rings. The maximum Gasteiger partial charge on any atom is 0.353 e. The number of amides is 2. The Morgan fingerprint density at radius 3 is 2.41 bits per heavy atom. The van der Waals surface area contributed by atoms with Gasteiger partial charge in [-0.25, -0.2) is 4.79 Å². The molecule has 2 aromatic carbocycles. The summed E-state index contributed by atoms with van der Waals surface area (Å²) in [5, 5.41) is 7.12. The lowest BCUT2D eigenvalue weighted by molar-refractivity contribution is 0.226. The molecule has 0 fully saturated rings. The first-order valence-corrected chi connectivity index (χ1v) is 12.7. The van der Waals surface area contributed by atoms with Gasteiger partial charge in [0, 0.05) is 29.8 Å². The number of carbonyl (C=O) groups is 1. The summed E-state index contributed by atoms with van der Waals surface area (Å²) in [4.78, 5) is 17.1. The largest absolute Gasteiger partial charge is 0.493 e. The third-order valence-corrected chi connectivity index (χ3v) is 5.55. The maximum absolute atomic E-state index is 12.8. The van der Waals surface area contributed by atoms with E-state index in [1.54, 1.807) is 31.3 Å². The number of anilines is 2. The van der Waals surface area contributed by atoms with E-state index in [4.69, 9.17) is 34.6 Å². The van der Waals surface area contributed by atoms with Crippen LogP contribution < -0.4 is 24.6 Å². The predicted molar refractivity (Wildman–Crippen MR) is 135 cm³/mol. The average molecular weight is 549 g/mol. The summed E-state index contributed by atoms with van der Waals surface area (Å²) in [6.45, 7) is 1.63. The van der Waals surface area contributed by atoms with Crippen LogP contribution in [0.4, 0.5) is 16.3 Å². The number of hydrogen-bond acceptors (Lipinski definition) is 10. The number of halogens is 1. The van der Waals surface area contributed by atoms with E-state index in [9.17, 15) is 13.2 Å². The fourth-order valence-electron chi connectivity index (χ4n) is 3.28. The molecule has 0 saturated heterocycles. The zero-order chi connectivity index (χ0) is 26.7. The van der Waals surface area contributed by atoms with Gasteiger partial charge in [-0.1, -0.05) is 16.8 Å². The van der Waals surface area contributed by atoms with Crippen molar-refractivity contribution in [2.24, 2.45) is 0 Å². The van der Waals surface area contributed by atoms with Crippen molar-refractivity contribution >= 4 is 50.2 Å². The van der Waals surface area contributed by atoms with E-state index < -0.39 is 16.1 Å². The van der Waals surface area contributed by atoms with Crippen LogP contribution >= 0.6 is 11.6 Å². The van der Waals surface area contributed by atoms with E-state index >= 15 is 0 Å². The summed E-state index contributed by atoms with van der Waals surface area (Å²) in [5.74, 6) is 2.23. The number of methoxy groups -OCH3 is 2. The zero-order valence-electron chi connectivity index (χ0n) is 20.0. The van der Waals surface area contributed by atoms with Gasteiger partial charge in [-0.15, -0.1) is 4.28 Å². The number of ether oxygens (including phenoxy) is 3. The normalized spacial score (nSPS) is 11.3. The van der Waals surface area contributed by atoms with Crippen LogP contribution in [-0.4, -0.2) is 45.1 Å². The Labute approximate surface area is 216 Å². The molecule has 2 aromatic heterocycles. The average Bonchev–Trinajstić information content (AvgIpc) is 3.26. The van der Waals surface area contributed by atoms with Crippen LogP contribution in [0, 0.1) is 6.92 Å². The van der Waals surface area contributed by atoms with Crippen LogP contribution in [0.1, 0.15) is 5.76 Å². The van der Waals surface area contributed by atoms with Gasteiger partial charge in [0.05, 0.1) is 36.7 Å². The standard InChI is InChI=1S/C23H21ClN4O8S/c1-13-9-22(27-35-13)26-23(29)28(36-37(4,30)31)18-6-5-14(10-16(18)24)34-19-7-8-25-17-12-21(33-3)20(32-2)11-15(17)19/h5-12H,1-4H3,(H,26,27,29). The Kier molecular flexibility index (Phi) is 7.38. The molecule has 0 unspecified atom stereocenters. The first-order chi connectivity index (χ1) is 17.6. The van der Waals surface area contributed by atoms with E-state index in [1.807, 2.05) is 0 Å². The van der Waals surface area contributed by atoms with E-state index in [1.165, 1.54) is 38.5 Å². The summed E-state index contributed by atoms with van der Waals surface area (Å²) in [6.07, 6.45) is 2.36. The van der Waals surface area contributed by atoms with Crippen molar-refractivity contribution in [3.8, 4) is 23.0 Å². The molecule has 0 atom stereocenters. The van der Waals surface area contributed by atoms with Gasteiger partial charge in [0.25, 0.3) is 10.1 Å².